The van der Waals surface area contributed by atoms with Crippen LogP contribution in [0.2, 0.25) is 0 Å². The molecular weight excluding hydrogens is 500 g/mol. The predicted molar refractivity (Wildman–Crippen MR) is 149 cm³/mol. The number of para-hydroxylation sites is 2. The summed E-state index contributed by atoms with van der Waals surface area (Å²) in [5.74, 6) is -2.29. The minimum Gasteiger partial charge on any atom is -0.492 e. The highest BCUT2D eigenvalue weighted by Gasteiger charge is 2.34. The van der Waals surface area contributed by atoms with Gasteiger partial charge in [0.15, 0.2) is 0 Å². The first-order valence-corrected chi connectivity index (χ1v) is 13.4. The van der Waals surface area contributed by atoms with Crippen molar-refractivity contribution in [3.63, 3.8) is 0 Å². The second kappa shape index (κ2) is 13.0. The van der Waals surface area contributed by atoms with Crippen molar-refractivity contribution in [2.75, 3.05) is 17.2 Å². The highest BCUT2D eigenvalue weighted by molar-refractivity contribution is 8.00. The molecule has 2 amide bonds. The number of allylic oxidation sites excluding steroid dienone is 2. The second-order valence-corrected chi connectivity index (χ2v) is 10.0. The summed E-state index contributed by atoms with van der Waals surface area (Å²) in [4.78, 5) is 38.9. The summed E-state index contributed by atoms with van der Waals surface area (Å²) in [5.41, 5.74) is 1.97. The fraction of sp³-hybridized carbons (Fsp3) is 0.233. The molecule has 3 N–H and O–H groups in total. The monoisotopic (exact) mass is 530 g/mol. The van der Waals surface area contributed by atoms with Gasteiger partial charge in [-0.15, -0.1) is 11.8 Å². The van der Waals surface area contributed by atoms with E-state index in [4.69, 9.17) is 4.74 Å². The van der Waals surface area contributed by atoms with Crippen molar-refractivity contribution < 1.29 is 24.2 Å². The maximum Gasteiger partial charge on any atom is 0.307 e. The van der Waals surface area contributed by atoms with Crippen molar-refractivity contribution >= 4 is 40.9 Å². The molecule has 3 aromatic rings. The van der Waals surface area contributed by atoms with E-state index in [-0.39, 0.29) is 11.8 Å². The molecule has 7 nitrogen and oxygen atoms in total. The Hall–Kier alpha value is -4.04. The van der Waals surface area contributed by atoms with Crippen LogP contribution >= 0.6 is 11.8 Å². The van der Waals surface area contributed by atoms with Crippen molar-refractivity contribution in [1.29, 1.82) is 0 Å². The third-order valence-corrected chi connectivity index (χ3v) is 7.48. The number of thioether (sulfide) groups is 1. The van der Waals surface area contributed by atoms with E-state index in [0.29, 0.717) is 36.6 Å². The average Bonchev–Trinajstić information content (AvgIpc) is 2.93. The highest BCUT2D eigenvalue weighted by atomic mass is 32.2. The molecule has 3 unspecified atom stereocenters. The summed E-state index contributed by atoms with van der Waals surface area (Å²) in [7, 11) is 0. The van der Waals surface area contributed by atoms with Gasteiger partial charge in [0, 0.05) is 10.6 Å². The van der Waals surface area contributed by atoms with E-state index in [9.17, 15) is 19.5 Å². The molecular formula is C30H30N2O5S. The quantitative estimate of drug-likeness (QED) is 0.214. The maximum absolute atomic E-state index is 13.5. The Labute approximate surface area is 226 Å². The molecule has 3 aromatic carbocycles. The number of anilines is 2. The topological polar surface area (TPSA) is 105 Å². The summed E-state index contributed by atoms with van der Waals surface area (Å²) < 4.78 is 5.66. The molecule has 0 spiro atoms. The summed E-state index contributed by atoms with van der Waals surface area (Å²) in [5, 5.41) is 14.8. The van der Waals surface area contributed by atoms with E-state index in [1.165, 1.54) is 11.8 Å². The van der Waals surface area contributed by atoms with Gasteiger partial charge in [-0.05, 0) is 55.7 Å². The summed E-state index contributed by atoms with van der Waals surface area (Å²) in [6.07, 6.45) is 4.38. The maximum atomic E-state index is 13.5. The van der Waals surface area contributed by atoms with Crippen LogP contribution in [0.4, 0.5) is 11.4 Å². The Morgan fingerprint density at radius 2 is 1.63 bits per heavy atom. The first kappa shape index (κ1) is 27.0. The normalized spacial score (nSPS) is 17.3. The molecule has 0 aliphatic heterocycles. The predicted octanol–water partition coefficient (Wildman–Crippen LogP) is 6.16. The third kappa shape index (κ3) is 6.83. The number of carboxylic acids is 1. The second-order valence-electron chi connectivity index (χ2n) is 8.84. The first-order valence-electron chi connectivity index (χ1n) is 12.5. The zero-order chi connectivity index (χ0) is 26.9. The molecule has 4 rings (SSSR count). The van der Waals surface area contributed by atoms with Crippen molar-refractivity contribution in [3.05, 3.63) is 96.6 Å². The van der Waals surface area contributed by atoms with Gasteiger partial charge >= 0.3 is 5.97 Å². The Kier molecular flexibility index (Phi) is 9.21. The molecule has 38 heavy (non-hydrogen) atoms. The summed E-state index contributed by atoms with van der Waals surface area (Å²) in [6.45, 7) is 2.37. The Bertz CT molecular complexity index is 1310. The van der Waals surface area contributed by atoms with Crippen molar-refractivity contribution in [2.45, 2.75) is 29.9 Å². The number of nitrogens with one attached hydrogen (secondary N) is 2. The zero-order valence-electron chi connectivity index (χ0n) is 21.0. The highest BCUT2D eigenvalue weighted by Crippen LogP contribution is 2.38. The SMILES string of the molecule is CCOc1ccccc1NC(=O)C(Sc1cccc(NC(=O)C2CC=CCC2C(=O)O)c1)c1ccccc1. The number of hydrogen-bond acceptors (Lipinski definition) is 5. The van der Waals surface area contributed by atoms with E-state index in [1.807, 2.05) is 67.6 Å². The number of aliphatic carboxylic acids is 1. The number of amides is 2. The van der Waals surface area contributed by atoms with Crippen LogP contribution in [-0.4, -0.2) is 29.5 Å². The average molecular weight is 531 g/mol. The first-order chi connectivity index (χ1) is 18.5. The number of hydrogen-bond donors (Lipinski definition) is 3. The number of carbonyl (C=O) groups is 3. The number of carboxylic acid groups (broad SMARTS) is 1. The van der Waals surface area contributed by atoms with Crippen molar-refractivity contribution in [3.8, 4) is 5.75 Å². The van der Waals surface area contributed by atoms with E-state index >= 15 is 0 Å². The van der Waals surface area contributed by atoms with E-state index in [0.717, 1.165) is 10.5 Å². The van der Waals surface area contributed by atoms with Crippen LogP contribution in [0.5, 0.6) is 5.75 Å². The van der Waals surface area contributed by atoms with Gasteiger partial charge < -0.3 is 20.5 Å². The van der Waals surface area contributed by atoms with Gasteiger partial charge in [-0.25, -0.2) is 0 Å². The number of benzene rings is 3. The van der Waals surface area contributed by atoms with Crippen LogP contribution in [-0.2, 0) is 14.4 Å². The summed E-state index contributed by atoms with van der Waals surface area (Å²) >= 11 is 1.36. The number of ether oxygens (including phenoxy) is 1. The van der Waals surface area contributed by atoms with Crippen LogP contribution in [0.15, 0.2) is 95.9 Å². The van der Waals surface area contributed by atoms with Crippen molar-refractivity contribution in [1.82, 2.24) is 0 Å². The molecule has 0 aromatic heterocycles. The van der Waals surface area contributed by atoms with Gasteiger partial charge in [0.05, 0.1) is 24.1 Å². The minimum atomic E-state index is -0.971. The van der Waals surface area contributed by atoms with Gasteiger partial charge in [0.2, 0.25) is 11.8 Å². The van der Waals surface area contributed by atoms with Gasteiger partial charge in [-0.2, -0.15) is 0 Å². The van der Waals surface area contributed by atoms with Crippen LogP contribution in [0.25, 0.3) is 0 Å². The fourth-order valence-electron chi connectivity index (χ4n) is 4.35. The zero-order valence-corrected chi connectivity index (χ0v) is 21.8. The van der Waals surface area contributed by atoms with Crippen molar-refractivity contribution in [2.24, 2.45) is 11.8 Å². The lowest BCUT2D eigenvalue weighted by Crippen LogP contribution is -2.34. The third-order valence-electron chi connectivity index (χ3n) is 6.23. The molecule has 0 bridgehead atoms. The summed E-state index contributed by atoms with van der Waals surface area (Å²) in [6, 6.07) is 24.0. The van der Waals surface area contributed by atoms with Gasteiger partial charge in [-0.3, -0.25) is 14.4 Å². The molecule has 0 fully saturated rings. The Morgan fingerprint density at radius 1 is 0.921 bits per heavy atom. The molecule has 0 saturated carbocycles. The molecule has 0 radical (unpaired) electrons. The number of carbonyl (C=O) groups excluding carboxylic acids is 2. The smallest absolute Gasteiger partial charge is 0.307 e. The van der Waals surface area contributed by atoms with Gasteiger partial charge in [0.25, 0.3) is 0 Å². The Morgan fingerprint density at radius 3 is 2.37 bits per heavy atom. The lowest BCUT2D eigenvalue weighted by Gasteiger charge is -2.24. The van der Waals surface area contributed by atoms with E-state index in [1.54, 1.807) is 30.3 Å². The molecule has 1 aliphatic rings. The largest absolute Gasteiger partial charge is 0.492 e. The van der Waals surface area contributed by atoms with E-state index in [2.05, 4.69) is 10.6 Å². The molecule has 3 atom stereocenters. The molecule has 0 saturated heterocycles. The number of rotatable bonds is 10. The van der Waals surface area contributed by atoms with Crippen LogP contribution in [0.3, 0.4) is 0 Å². The molecule has 0 heterocycles. The lowest BCUT2D eigenvalue weighted by atomic mass is 9.82. The Balaban J connectivity index is 1.53. The van der Waals surface area contributed by atoms with Crippen LogP contribution in [0, 0.1) is 11.8 Å². The molecule has 196 valence electrons. The molecule has 1 aliphatic carbocycles. The van der Waals surface area contributed by atoms with E-state index < -0.39 is 23.1 Å². The van der Waals surface area contributed by atoms with Crippen LogP contribution in [0.1, 0.15) is 30.6 Å². The minimum absolute atomic E-state index is 0.207. The fourth-order valence-corrected chi connectivity index (χ4v) is 5.43. The van der Waals surface area contributed by atoms with Gasteiger partial charge in [-0.1, -0.05) is 60.7 Å². The van der Waals surface area contributed by atoms with Gasteiger partial charge in [0.1, 0.15) is 11.0 Å². The molecule has 8 heteroatoms. The lowest BCUT2D eigenvalue weighted by molar-refractivity contribution is -0.146. The standard InChI is InChI=1S/C30H30N2O5S/c1-2-37-26-18-9-8-17-25(26)32-29(34)27(20-11-4-3-5-12-20)38-22-14-10-13-21(19-22)31-28(33)23-15-6-7-16-24(23)30(35)36/h3-14,17-19,23-24,27H,2,15-16H2,1H3,(H,31,33)(H,32,34)(H,35,36). The van der Waals surface area contributed by atoms with Crippen LogP contribution < -0.4 is 15.4 Å².